The molecule has 0 unspecified atom stereocenters. The van der Waals surface area contributed by atoms with Gasteiger partial charge in [0.25, 0.3) is 5.91 Å². The lowest BCUT2D eigenvalue weighted by atomic mass is 10.1. The molecule has 1 aromatic carbocycles. The van der Waals surface area contributed by atoms with Crippen LogP contribution < -0.4 is 5.32 Å². The molecule has 2 rings (SSSR count). The van der Waals surface area contributed by atoms with E-state index in [1.807, 2.05) is 6.07 Å². The van der Waals surface area contributed by atoms with Crippen molar-refractivity contribution < 1.29 is 4.79 Å². The van der Waals surface area contributed by atoms with Gasteiger partial charge in [0.2, 0.25) is 0 Å². The summed E-state index contributed by atoms with van der Waals surface area (Å²) in [6.07, 6.45) is 6.60. The summed E-state index contributed by atoms with van der Waals surface area (Å²) >= 11 is 0. The average Bonchev–Trinajstić information content (AvgIpc) is 2.43. The Morgan fingerprint density at radius 3 is 2.72 bits per heavy atom. The van der Waals surface area contributed by atoms with Crippen LogP contribution in [-0.4, -0.2) is 22.4 Å². The van der Waals surface area contributed by atoms with Gasteiger partial charge in [-0.3, -0.25) is 14.8 Å². The van der Waals surface area contributed by atoms with Crippen molar-refractivity contribution in [3.05, 3.63) is 36.2 Å². The van der Waals surface area contributed by atoms with Crippen LogP contribution in [0.2, 0.25) is 0 Å². The number of fused-ring (bicyclic) bond motifs is 1. The number of hydrogen-bond donors (Lipinski definition) is 1. The van der Waals surface area contributed by atoms with Crippen LogP contribution >= 0.6 is 0 Å². The molecule has 4 heteroatoms. The summed E-state index contributed by atoms with van der Waals surface area (Å²) in [6, 6.07) is 5.38. The highest BCUT2D eigenvalue weighted by molar-refractivity contribution is 5.97. The van der Waals surface area contributed by atoms with Gasteiger partial charge in [0.05, 0.1) is 11.0 Å². The van der Waals surface area contributed by atoms with Crippen LogP contribution in [0.15, 0.2) is 30.6 Å². The molecule has 0 atom stereocenters. The fourth-order valence-corrected chi connectivity index (χ4v) is 1.78. The number of hydrogen-bond acceptors (Lipinski definition) is 3. The Kier molecular flexibility index (Phi) is 4.23. The molecule has 1 aromatic heterocycles. The average molecular weight is 243 g/mol. The standard InChI is InChI=1S/C14H17N3O/c1-2-3-4-7-17-14(18)11-5-6-12-13(10-11)16-9-8-15-12/h5-6,8-10H,2-4,7H2,1H3,(H,17,18). The van der Waals surface area contributed by atoms with Gasteiger partial charge in [-0.1, -0.05) is 19.8 Å². The van der Waals surface area contributed by atoms with Gasteiger partial charge in [-0.25, -0.2) is 0 Å². The van der Waals surface area contributed by atoms with E-state index in [4.69, 9.17) is 0 Å². The maximum atomic E-state index is 11.9. The van der Waals surface area contributed by atoms with Crippen LogP contribution in [0.25, 0.3) is 11.0 Å². The van der Waals surface area contributed by atoms with E-state index in [1.165, 1.54) is 0 Å². The van der Waals surface area contributed by atoms with Crippen molar-refractivity contribution in [2.75, 3.05) is 6.54 Å². The van der Waals surface area contributed by atoms with Gasteiger partial charge in [0.15, 0.2) is 0 Å². The van der Waals surface area contributed by atoms with Crippen molar-refractivity contribution in [2.45, 2.75) is 26.2 Å². The molecule has 1 N–H and O–H groups in total. The number of carbonyl (C=O) groups excluding carboxylic acids is 1. The van der Waals surface area contributed by atoms with E-state index in [-0.39, 0.29) is 5.91 Å². The molecule has 0 fully saturated rings. The predicted molar refractivity (Wildman–Crippen MR) is 71.4 cm³/mol. The van der Waals surface area contributed by atoms with E-state index in [2.05, 4.69) is 22.2 Å². The molecular weight excluding hydrogens is 226 g/mol. The zero-order chi connectivity index (χ0) is 12.8. The molecule has 0 aliphatic rings. The van der Waals surface area contributed by atoms with Gasteiger partial charge >= 0.3 is 0 Å². The molecule has 0 saturated heterocycles. The Labute approximate surface area is 106 Å². The highest BCUT2D eigenvalue weighted by Gasteiger charge is 2.06. The van der Waals surface area contributed by atoms with E-state index in [0.29, 0.717) is 5.56 Å². The van der Waals surface area contributed by atoms with Crippen molar-refractivity contribution >= 4 is 16.9 Å². The molecule has 1 amide bonds. The highest BCUT2D eigenvalue weighted by Crippen LogP contribution is 2.10. The number of unbranched alkanes of at least 4 members (excludes halogenated alkanes) is 2. The first-order chi connectivity index (χ1) is 8.81. The molecule has 18 heavy (non-hydrogen) atoms. The second-order valence-electron chi connectivity index (χ2n) is 4.22. The monoisotopic (exact) mass is 243 g/mol. The molecule has 0 aliphatic heterocycles. The molecule has 0 aliphatic carbocycles. The number of benzene rings is 1. The van der Waals surface area contributed by atoms with Gasteiger partial charge in [0, 0.05) is 24.5 Å². The third-order valence-electron chi connectivity index (χ3n) is 2.80. The van der Waals surface area contributed by atoms with Crippen LogP contribution in [0.4, 0.5) is 0 Å². The van der Waals surface area contributed by atoms with Gasteiger partial charge in [-0.2, -0.15) is 0 Å². The Morgan fingerprint density at radius 1 is 1.17 bits per heavy atom. The molecule has 4 nitrogen and oxygen atoms in total. The summed E-state index contributed by atoms with van der Waals surface area (Å²) < 4.78 is 0. The van der Waals surface area contributed by atoms with Crippen LogP contribution in [-0.2, 0) is 0 Å². The van der Waals surface area contributed by atoms with Crippen LogP contribution in [0.3, 0.4) is 0 Å². The lowest BCUT2D eigenvalue weighted by Gasteiger charge is -2.05. The number of amides is 1. The largest absolute Gasteiger partial charge is 0.352 e. The highest BCUT2D eigenvalue weighted by atomic mass is 16.1. The second kappa shape index (κ2) is 6.10. The fraction of sp³-hybridized carbons (Fsp3) is 0.357. The molecule has 1 heterocycles. The number of carbonyl (C=O) groups is 1. The minimum Gasteiger partial charge on any atom is -0.352 e. The minimum atomic E-state index is -0.0429. The number of rotatable bonds is 5. The molecule has 94 valence electrons. The van der Waals surface area contributed by atoms with Crippen molar-refractivity contribution in [3.8, 4) is 0 Å². The fourth-order valence-electron chi connectivity index (χ4n) is 1.78. The minimum absolute atomic E-state index is 0.0429. The Bertz CT molecular complexity index is 539. The summed E-state index contributed by atoms with van der Waals surface area (Å²) in [6.45, 7) is 2.87. The Balaban J connectivity index is 2.04. The smallest absolute Gasteiger partial charge is 0.251 e. The molecule has 0 radical (unpaired) electrons. The van der Waals surface area contributed by atoms with Gasteiger partial charge < -0.3 is 5.32 Å². The normalized spacial score (nSPS) is 10.5. The molecule has 2 aromatic rings. The summed E-state index contributed by atoms with van der Waals surface area (Å²) in [4.78, 5) is 20.3. The van der Waals surface area contributed by atoms with Crippen LogP contribution in [0.1, 0.15) is 36.5 Å². The Morgan fingerprint density at radius 2 is 1.94 bits per heavy atom. The predicted octanol–water partition coefficient (Wildman–Crippen LogP) is 2.55. The third-order valence-corrected chi connectivity index (χ3v) is 2.80. The number of nitrogens with one attached hydrogen (secondary N) is 1. The van der Waals surface area contributed by atoms with Crippen molar-refractivity contribution in [3.63, 3.8) is 0 Å². The maximum Gasteiger partial charge on any atom is 0.251 e. The second-order valence-corrected chi connectivity index (χ2v) is 4.22. The molecule has 0 spiro atoms. The van der Waals surface area contributed by atoms with E-state index in [0.717, 1.165) is 36.8 Å². The van der Waals surface area contributed by atoms with Gasteiger partial charge in [-0.05, 0) is 24.6 Å². The van der Waals surface area contributed by atoms with E-state index in [9.17, 15) is 4.79 Å². The summed E-state index contributed by atoms with van der Waals surface area (Å²) in [5.41, 5.74) is 2.19. The lowest BCUT2D eigenvalue weighted by Crippen LogP contribution is -2.24. The summed E-state index contributed by atoms with van der Waals surface area (Å²) in [7, 11) is 0. The van der Waals surface area contributed by atoms with Gasteiger partial charge in [0.1, 0.15) is 0 Å². The maximum absolute atomic E-state index is 11.9. The van der Waals surface area contributed by atoms with Crippen LogP contribution in [0.5, 0.6) is 0 Å². The topological polar surface area (TPSA) is 54.9 Å². The quantitative estimate of drug-likeness (QED) is 0.821. The first-order valence-corrected chi connectivity index (χ1v) is 6.30. The van der Waals surface area contributed by atoms with Crippen molar-refractivity contribution in [1.29, 1.82) is 0 Å². The lowest BCUT2D eigenvalue weighted by molar-refractivity contribution is 0.0953. The number of nitrogens with zero attached hydrogens (tertiary/aromatic N) is 2. The molecule has 0 saturated carbocycles. The van der Waals surface area contributed by atoms with Crippen molar-refractivity contribution in [2.24, 2.45) is 0 Å². The first kappa shape index (κ1) is 12.5. The summed E-state index contributed by atoms with van der Waals surface area (Å²) in [5, 5.41) is 2.91. The first-order valence-electron chi connectivity index (χ1n) is 6.30. The van der Waals surface area contributed by atoms with E-state index in [1.54, 1.807) is 24.5 Å². The molecular formula is C14H17N3O. The third kappa shape index (κ3) is 3.03. The zero-order valence-corrected chi connectivity index (χ0v) is 10.5. The molecule has 0 bridgehead atoms. The van der Waals surface area contributed by atoms with Gasteiger partial charge in [-0.15, -0.1) is 0 Å². The SMILES string of the molecule is CCCCCNC(=O)c1ccc2nccnc2c1. The summed E-state index contributed by atoms with van der Waals surface area (Å²) in [5.74, 6) is -0.0429. The van der Waals surface area contributed by atoms with E-state index >= 15 is 0 Å². The van der Waals surface area contributed by atoms with Crippen LogP contribution in [0, 0.1) is 0 Å². The Hall–Kier alpha value is -1.97. The van der Waals surface area contributed by atoms with E-state index < -0.39 is 0 Å². The zero-order valence-electron chi connectivity index (χ0n) is 10.5. The van der Waals surface area contributed by atoms with Crippen molar-refractivity contribution in [1.82, 2.24) is 15.3 Å². The number of aromatic nitrogens is 2.